The molecule has 0 fully saturated rings. The molecule has 0 aliphatic heterocycles. The predicted octanol–water partition coefficient (Wildman–Crippen LogP) is 5.33. The lowest BCUT2D eigenvalue weighted by Gasteiger charge is -2.12. The third-order valence-corrected chi connectivity index (χ3v) is 3.65. The molecule has 1 aromatic carbocycles. The van der Waals surface area contributed by atoms with Gasteiger partial charge in [-0.05, 0) is 48.5 Å². The van der Waals surface area contributed by atoms with E-state index in [0.29, 0.717) is 0 Å². The highest BCUT2D eigenvalue weighted by Crippen LogP contribution is 2.27. The fourth-order valence-electron chi connectivity index (χ4n) is 2.53. The van der Waals surface area contributed by atoms with Gasteiger partial charge in [-0.1, -0.05) is 57.4 Å². The Bertz CT molecular complexity index is 429. The topological polar surface area (TPSA) is 17.1 Å². The molecule has 1 rings (SSSR count). The lowest BCUT2D eigenvalue weighted by atomic mass is 9.92. The number of rotatable bonds is 8. The van der Waals surface area contributed by atoms with Crippen molar-refractivity contribution in [3.05, 3.63) is 41.0 Å². The van der Waals surface area contributed by atoms with Gasteiger partial charge in [0.15, 0.2) is 0 Å². The third kappa shape index (κ3) is 4.66. The molecule has 0 saturated heterocycles. The van der Waals surface area contributed by atoms with Crippen molar-refractivity contribution in [3.8, 4) is 0 Å². The second-order valence-corrected chi connectivity index (χ2v) is 5.10. The van der Waals surface area contributed by atoms with Crippen molar-refractivity contribution in [1.29, 1.82) is 0 Å². The highest BCUT2D eigenvalue weighted by molar-refractivity contribution is 5.88. The van der Waals surface area contributed by atoms with E-state index < -0.39 is 0 Å². The number of hydrogen-bond donors (Lipinski definition) is 0. The molecule has 19 heavy (non-hydrogen) atoms. The molecule has 0 N–H and O–H groups in total. The number of allylic oxidation sites excluding steroid dienone is 2. The molecule has 0 aliphatic rings. The number of carbonyl (C=O) groups excluding carboxylic acids is 1. The lowest BCUT2D eigenvalue weighted by Crippen LogP contribution is -1.96. The number of hydrogen-bond acceptors (Lipinski definition) is 1. The van der Waals surface area contributed by atoms with Crippen molar-refractivity contribution in [2.24, 2.45) is 0 Å². The maximum Gasteiger partial charge on any atom is 0.146 e. The zero-order chi connectivity index (χ0) is 14.1. The molecule has 1 heteroatoms. The van der Waals surface area contributed by atoms with Crippen LogP contribution in [-0.2, 0) is 4.79 Å². The summed E-state index contributed by atoms with van der Waals surface area (Å²) in [6.45, 7) is 6.46. The summed E-state index contributed by atoms with van der Waals surface area (Å²) in [5.74, 6) is 0. The van der Waals surface area contributed by atoms with Gasteiger partial charge in [-0.2, -0.15) is 0 Å². The Morgan fingerprint density at radius 1 is 1.11 bits per heavy atom. The molecule has 0 spiro atoms. The van der Waals surface area contributed by atoms with E-state index in [9.17, 15) is 4.79 Å². The number of aryl methyl sites for hydroxylation is 1. The lowest BCUT2D eigenvalue weighted by molar-refractivity contribution is -0.105. The second kappa shape index (κ2) is 8.68. The Hall–Kier alpha value is -1.37. The van der Waals surface area contributed by atoms with Crippen molar-refractivity contribution >= 4 is 11.9 Å². The van der Waals surface area contributed by atoms with E-state index in [1.165, 1.54) is 36.0 Å². The zero-order valence-corrected chi connectivity index (χ0v) is 12.5. The predicted molar refractivity (Wildman–Crippen MR) is 83.2 cm³/mol. The number of unbranched alkanes of at least 4 members (excludes halogenated alkanes) is 3. The van der Waals surface area contributed by atoms with E-state index in [2.05, 4.69) is 39.0 Å². The molecular weight excluding hydrogens is 232 g/mol. The molecule has 0 amide bonds. The minimum absolute atomic E-state index is 0.918. The first-order chi connectivity index (χ1) is 9.24. The van der Waals surface area contributed by atoms with Gasteiger partial charge in [0.05, 0.1) is 0 Å². The second-order valence-electron chi connectivity index (χ2n) is 5.10. The molecule has 0 saturated carbocycles. The fraction of sp³-hybridized carbons (Fsp3) is 0.500. The Kier molecular flexibility index (Phi) is 7.17. The summed E-state index contributed by atoms with van der Waals surface area (Å²) in [5, 5.41) is 0. The Labute approximate surface area is 117 Å². The molecule has 0 radical (unpaired) electrons. The highest BCUT2D eigenvalue weighted by atomic mass is 16.1. The molecular formula is C18H26O. The van der Waals surface area contributed by atoms with Crippen molar-refractivity contribution in [2.45, 2.75) is 59.3 Å². The summed E-state index contributed by atoms with van der Waals surface area (Å²) in [7, 11) is 0. The van der Waals surface area contributed by atoms with Crippen LogP contribution in [-0.4, -0.2) is 6.29 Å². The van der Waals surface area contributed by atoms with Gasteiger partial charge in [0.25, 0.3) is 0 Å². The van der Waals surface area contributed by atoms with Crippen LogP contribution in [0.3, 0.4) is 0 Å². The number of aldehydes is 1. The maximum absolute atomic E-state index is 11.4. The van der Waals surface area contributed by atoms with Gasteiger partial charge < -0.3 is 0 Å². The molecule has 0 bridgehead atoms. The van der Waals surface area contributed by atoms with Gasteiger partial charge >= 0.3 is 0 Å². The van der Waals surface area contributed by atoms with Crippen LogP contribution in [0.4, 0.5) is 0 Å². The first-order valence-electron chi connectivity index (χ1n) is 7.47. The summed E-state index contributed by atoms with van der Waals surface area (Å²) >= 11 is 0. The van der Waals surface area contributed by atoms with Crippen LogP contribution in [0.2, 0.25) is 0 Å². The fourth-order valence-corrected chi connectivity index (χ4v) is 2.53. The van der Waals surface area contributed by atoms with Crippen LogP contribution in [0.1, 0.15) is 63.5 Å². The van der Waals surface area contributed by atoms with Gasteiger partial charge in [-0.15, -0.1) is 0 Å². The molecule has 1 nitrogen and oxygen atoms in total. The average molecular weight is 258 g/mol. The Balaban J connectivity index is 2.92. The standard InChI is InChI=1S/C18H26O/c1-4-6-7-8-12-16(14-19)17(5-2)18-13-10-9-11-15(18)3/h9-11,13-14H,4-8,12H2,1-3H3. The van der Waals surface area contributed by atoms with Gasteiger partial charge in [0.2, 0.25) is 0 Å². The van der Waals surface area contributed by atoms with Crippen molar-refractivity contribution in [1.82, 2.24) is 0 Å². The summed E-state index contributed by atoms with van der Waals surface area (Å²) in [4.78, 5) is 11.4. The zero-order valence-electron chi connectivity index (χ0n) is 12.5. The van der Waals surface area contributed by atoms with Crippen LogP contribution < -0.4 is 0 Å². The summed E-state index contributed by atoms with van der Waals surface area (Å²) in [6.07, 6.45) is 7.75. The SMILES string of the molecule is CCCCCCC(C=O)=C(CC)c1ccccc1C. The van der Waals surface area contributed by atoms with Crippen molar-refractivity contribution in [2.75, 3.05) is 0 Å². The van der Waals surface area contributed by atoms with Crippen molar-refractivity contribution < 1.29 is 4.79 Å². The molecule has 0 aliphatic carbocycles. The molecule has 0 heterocycles. The van der Waals surface area contributed by atoms with Crippen LogP contribution in [0.15, 0.2) is 29.8 Å². The first kappa shape index (κ1) is 15.7. The van der Waals surface area contributed by atoms with Gasteiger partial charge in [-0.3, -0.25) is 4.79 Å². The first-order valence-corrected chi connectivity index (χ1v) is 7.47. The minimum Gasteiger partial charge on any atom is -0.298 e. The monoisotopic (exact) mass is 258 g/mol. The third-order valence-electron chi connectivity index (χ3n) is 3.65. The number of benzene rings is 1. The summed E-state index contributed by atoms with van der Waals surface area (Å²) in [6, 6.07) is 8.35. The summed E-state index contributed by atoms with van der Waals surface area (Å²) < 4.78 is 0. The normalized spacial score (nSPS) is 12.2. The number of carbonyl (C=O) groups is 1. The largest absolute Gasteiger partial charge is 0.298 e. The highest BCUT2D eigenvalue weighted by Gasteiger charge is 2.09. The average Bonchev–Trinajstić information content (AvgIpc) is 2.44. The van der Waals surface area contributed by atoms with E-state index in [4.69, 9.17) is 0 Å². The van der Waals surface area contributed by atoms with Crippen LogP contribution in [0.5, 0.6) is 0 Å². The summed E-state index contributed by atoms with van der Waals surface area (Å²) in [5.41, 5.74) is 4.72. The van der Waals surface area contributed by atoms with E-state index >= 15 is 0 Å². The van der Waals surface area contributed by atoms with Crippen molar-refractivity contribution in [3.63, 3.8) is 0 Å². The van der Waals surface area contributed by atoms with E-state index in [1.807, 2.05) is 6.07 Å². The van der Waals surface area contributed by atoms with E-state index in [1.54, 1.807) is 0 Å². The Morgan fingerprint density at radius 2 is 1.84 bits per heavy atom. The molecule has 0 atom stereocenters. The quantitative estimate of drug-likeness (QED) is 0.350. The van der Waals surface area contributed by atoms with Crippen LogP contribution in [0.25, 0.3) is 5.57 Å². The molecule has 104 valence electrons. The van der Waals surface area contributed by atoms with Gasteiger partial charge in [0, 0.05) is 0 Å². The smallest absolute Gasteiger partial charge is 0.146 e. The Morgan fingerprint density at radius 3 is 2.42 bits per heavy atom. The van der Waals surface area contributed by atoms with E-state index in [0.717, 1.165) is 31.1 Å². The molecule has 1 aromatic rings. The maximum atomic E-state index is 11.4. The minimum atomic E-state index is 0.918. The van der Waals surface area contributed by atoms with E-state index in [-0.39, 0.29) is 0 Å². The van der Waals surface area contributed by atoms with Gasteiger partial charge in [-0.25, -0.2) is 0 Å². The van der Waals surface area contributed by atoms with Crippen LogP contribution >= 0.6 is 0 Å². The molecule has 0 aromatic heterocycles. The van der Waals surface area contributed by atoms with Crippen LogP contribution in [0, 0.1) is 6.92 Å². The van der Waals surface area contributed by atoms with Gasteiger partial charge in [0.1, 0.15) is 6.29 Å². The molecule has 0 unspecified atom stereocenters.